The van der Waals surface area contributed by atoms with Crippen LogP contribution in [0.15, 0.2) is 59.5 Å². The number of hydrogen-bond acceptors (Lipinski definition) is 3. The van der Waals surface area contributed by atoms with Crippen LogP contribution in [0, 0.1) is 5.92 Å². The fraction of sp³-hybridized carbons (Fsp3) is 0.333. The summed E-state index contributed by atoms with van der Waals surface area (Å²) in [6.45, 7) is 0.729. The average Bonchev–Trinajstić information content (AvgIpc) is 2.55. The molecule has 0 amide bonds. The monoisotopic (exact) mass is 301 g/mol. The highest BCUT2D eigenvalue weighted by Gasteiger charge is 2.09. The van der Waals surface area contributed by atoms with Gasteiger partial charge in [0.15, 0.2) is 0 Å². The molecular formula is C18H23NOS. The molecule has 2 N–H and O–H groups in total. The zero-order valence-corrected chi connectivity index (χ0v) is 13.3. The van der Waals surface area contributed by atoms with Crippen LogP contribution in [-0.4, -0.2) is 19.4 Å². The van der Waals surface area contributed by atoms with Gasteiger partial charge in [0.05, 0.1) is 7.11 Å². The lowest BCUT2D eigenvalue weighted by Crippen LogP contribution is -2.17. The Kier molecular flexibility index (Phi) is 6.64. The summed E-state index contributed by atoms with van der Waals surface area (Å²) in [5, 5.41) is 0. The van der Waals surface area contributed by atoms with E-state index in [1.165, 1.54) is 10.5 Å². The molecule has 0 heterocycles. The number of thioether (sulfide) groups is 1. The van der Waals surface area contributed by atoms with E-state index in [-0.39, 0.29) is 0 Å². The molecule has 1 atom stereocenters. The minimum Gasteiger partial charge on any atom is -0.497 e. The summed E-state index contributed by atoms with van der Waals surface area (Å²) in [5.41, 5.74) is 7.23. The molecule has 2 rings (SSSR count). The summed E-state index contributed by atoms with van der Waals surface area (Å²) in [6, 6.07) is 18.8. The molecule has 0 aromatic heterocycles. The van der Waals surface area contributed by atoms with Crippen molar-refractivity contribution in [3.63, 3.8) is 0 Å². The Balaban J connectivity index is 1.82. The van der Waals surface area contributed by atoms with Gasteiger partial charge in [-0.1, -0.05) is 30.3 Å². The lowest BCUT2D eigenvalue weighted by molar-refractivity contribution is 0.413. The highest BCUT2D eigenvalue weighted by molar-refractivity contribution is 7.99. The first kappa shape index (κ1) is 15.9. The lowest BCUT2D eigenvalue weighted by atomic mass is 9.97. The maximum absolute atomic E-state index is 5.93. The molecular weight excluding hydrogens is 278 g/mol. The van der Waals surface area contributed by atoms with Gasteiger partial charge in [-0.3, -0.25) is 0 Å². The number of methoxy groups -OCH3 is 1. The van der Waals surface area contributed by atoms with Gasteiger partial charge in [0.1, 0.15) is 5.75 Å². The molecule has 0 fully saturated rings. The SMILES string of the molecule is COc1cccc(CC(CN)CCSc2ccccc2)c1. The van der Waals surface area contributed by atoms with Gasteiger partial charge in [0.25, 0.3) is 0 Å². The summed E-state index contributed by atoms with van der Waals surface area (Å²) >= 11 is 1.90. The zero-order chi connectivity index (χ0) is 14.9. The fourth-order valence-electron chi connectivity index (χ4n) is 2.30. The van der Waals surface area contributed by atoms with Gasteiger partial charge >= 0.3 is 0 Å². The van der Waals surface area contributed by atoms with E-state index in [0.29, 0.717) is 5.92 Å². The fourth-order valence-corrected chi connectivity index (χ4v) is 3.33. The van der Waals surface area contributed by atoms with Crippen LogP contribution >= 0.6 is 11.8 Å². The van der Waals surface area contributed by atoms with Crippen LogP contribution in [0.25, 0.3) is 0 Å². The van der Waals surface area contributed by atoms with Gasteiger partial charge in [-0.25, -0.2) is 0 Å². The van der Waals surface area contributed by atoms with Crippen molar-refractivity contribution < 1.29 is 4.74 Å². The third-order valence-corrected chi connectivity index (χ3v) is 4.58. The molecule has 2 nitrogen and oxygen atoms in total. The Hall–Kier alpha value is -1.45. The Labute approximate surface area is 131 Å². The molecule has 0 spiro atoms. The van der Waals surface area contributed by atoms with Crippen molar-refractivity contribution in [1.29, 1.82) is 0 Å². The summed E-state index contributed by atoms with van der Waals surface area (Å²) in [7, 11) is 1.70. The van der Waals surface area contributed by atoms with E-state index in [0.717, 1.165) is 30.9 Å². The van der Waals surface area contributed by atoms with Crippen LogP contribution in [0.3, 0.4) is 0 Å². The Morgan fingerprint density at radius 2 is 1.90 bits per heavy atom. The quantitative estimate of drug-likeness (QED) is 0.749. The Morgan fingerprint density at radius 1 is 1.10 bits per heavy atom. The number of rotatable bonds is 8. The first-order chi connectivity index (χ1) is 10.3. The van der Waals surface area contributed by atoms with Crippen LogP contribution in [-0.2, 0) is 6.42 Å². The third kappa shape index (κ3) is 5.44. The largest absolute Gasteiger partial charge is 0.497 e. The predicted molar refractivity (Wildman–Crippen MR) is 91.0 cm³/mol. The van der Waals surface area contributed by atoms with Gasteiger partial charge in [0.2, 0.25) is 0 Å². The first-order valence-electron chi connectivity index (χ1n) is 7.32. The summed E-state index contributed by atoms with van der Waals surface area (Å²) in [6.07, 6.45) is 2.15. The molecule has 0 aliphatic rings. The van der Waals surface area contributed by atoms with Crippen LogP contribution in [0.5, 0.6) is 5.75 Å². The molecule has 2 aromatic carbocycles. The van der Waals surface area contributed by atoms with Crippen molar-refractivity contribution in [1.82, 2.24) is 0 Å². The van der Waals surface area contributed by atoms with Crippen molar-refractivity contribution in [3.05, 3.63) is 60.2 Å². The van der Waals surface area contributed by atoms with E-state index in [1.807, 2.05) is 23.9 Å². The van der Waals surface area contributed by atoms with E-state index < -0.39 is 0 Å². The van der Waals surface area contributed by atoms with Gasteiger partial charge < -0.3 is 10.5 Å². The van der Waals surface area contributed by atoms with Crippen molar-refractivity contribution in [2.45, 2.75) is 17.7 Å². The molecule has 2 aromatic rings. The second-order valence-corrected chi connectivity index (χ2v) is 6.28. The highest BCUT2D eigenvalue weighted by atomic mass is 32.2. The second-order valence-electron chi connectivity index (χ2n) is 5.11. The predicted octanol–water partition coefficient (Wildman–Crippen LogP) is 4.00. The third-order valence-electron chi connectivity index (χ3n) is 3.53. The Bertz CT molecular complexity index is 530. The lowest BCUT2D eigenvalue weighted by Gasteiger charge is -2.15. The minimum absolute atomic E-state index is 0.522. The number of ether oxygens (including phenoxy) is 1. The highest BCUT2D eigenvalue weighted by Crippen LogP contribution is 2.22. The maximum Gasteiger partial charge on any atom is 0.119 e. The zero-order valence-electron chi connectivity index (χ0n) is 12.5. The summed E-state index contributed by atoms with van der Waals surface area (Å²) in [5.74, 6) is 2.55. The molecule has 0 saturated carbocycles. The van der Waals surface area contributed by atoms with Crippen LogP contribution < -0.4 is 10.5 Å². The van der Waals surface area contributed by atoms with Crippen LogP contribution in [0.4, 0.5) is 0 Å². The number of benzene rings is 2. The number of nitrogens with two attached hydrogens (primary N) is 1. The van der Waals surface area contributed by atoms with Crippen LogP contribution in [0.1, 0.15) is 12.0 Å². The Morgan fingerprint density at radius 3 is 2.62 bits per heavy atom. The molecule has 0 radical (unpaired) electrons. The second kappa shape index (κ2) is 8.75. The van der Waals surface area contributed by atoms with Gasteiger partial charge in [-0.15, -0.1) is 11.8 Å². The molecule has 0 aliphatic carbocycles. The van der Waals surface area contributed by atoms with Crippen molar-refractivity contribution in [3.8, 4) is 5.75 Å². The molecule has 0 bridgehead atoms. The van der Waals surface area contributed by atoms with Gasteiger partial charge in [0, 0.05) is 4.90 Å². The van der Waals surface area contributed by atoms with Crippen LogP contribution in [0.2, 0.25) is 0 Å². The van der Waals surface area contributed by atoms with Crippen molar-refractivity contribution in [2.75, 3.05) is 19.4 Å². The van der Waals surface area contributed by atoms with E-state index >= 15 is 0 Å². The van der Waals surface area contributed by atoms with Crippen molar-refractivity contribution >= 4 is 11.8 Å². The van der Waals surface area contributed by atoms with Crippen molar-refractivity contribution in [2.24, 2.45) is 11.7 Å². The smallest absolute Gasteiger partial charge is 0.119 e. The van der Waals surface area contributed by atoms with E-state index in [2.05, 4.69) is 42.5 Å². The molecule has 112 valence electrons. The summed E-state index contributed by atoms with van der Waals surface area (Å²) in [4.78, 5) is 1.33. The maximum atomic E-state index is 5.93. The topological polar surface area (TPSA) is 35.2 Å². The van der Waals surface area contributed by atoms with Gasteiger partial charge in [-0.2, -0.15) is 0 Å². The first-order valence-corrected chi connectivity index (χ1v) is 8.31. The van der Waals surface area contributed by atoms with E-state index in [9.17, 15) is 0 Å². The van der Waals surface area contributed by atoms with E-state index in [4.69, 9.17) is 10.5 Å². The minimum atomic E-state index is 0.522. The molecule has 1 unspecified atom stereocenters. The molecule has 0 saturated heterocycles. The summed E-state index contributed by atoms with van der Waals surface area (Å²) < 4.78 is 5.27. The molecule has 0 aliphatic heterocycles. The standard InChI is InChI=1S/C18H23NOS/c1-20-17-7-5-6-15(13-17)12-16(14-19)10-11-21-18-8-3-2-4-9-18/h2-9,13,16H,10-12,14,19H2,1H3. The normalized spacial score (nSPS) is 12.1. The van der Waals surface area contributed by atoms with E-state index in [1.54, 1.807) is 7.11 Å². The molecule has 3 heteroatoms. The van der Waals surface area contributed by atoms with Gasteiger partial charge in [-0.05, 0) is 60.9 Å². The molecule has 21 heavy (non-hydrogen) atoms. The average molecular weight is 301 g/mol. The number of hydrogen-bond donors (Lipinski definition) is 1.